The van der Waals surface area contributed by atoms with Gasteiger partial charge in [0.15, 0.2) is 6.10 Å². The van der Waals surface area contributed by atoms with Crippen LogP contribution in [0.1, 0.15) is 39.5 Å². The summed E-state index contributed by atoms with van der Waals surface area (Å²) < 4.78 is 4.77. The largest absolute Gasteiger partial charge is 0.479 e. The molecule has 0 spiro atoms. The molecule has 20 heavy (non-hydrogen) atoms. The summed E-state index contributed by atoms with van der Waals surface area (Å²) in [6, 6.07) is -0.138. The number of carbonyl (C=O) groups excluding carboxylic acids is 1. The zero-order valence-corrected chi connectivity index (χ0v) is 12.5. The Balaban J connectivity index is 2.42. The lowest BCUT2D eigenvalue weighted by Crippen LogP contribution is -2.50. The molecular weight excluding hydrogens is 260 g/mol. The number of amides is 2. The number of carboxylic acids is 1. The summed E-state index contributed by atoms with van der Waals surface area (Å²) in [6.45, 7) is 4.32. The molecule has 0 bridgehead atoms. The van der Waals surface area contributed by atoms with Gasteiger partial charge in [0.05, 0.1) is 6.54 Å². The standard InChI is InChI=1S/C14H26N2O4/c1-9(2)10-6-4-5-7-11(10)16-14(19)15-8-12(20-3)13(17)18/h9-12H,4-8H2,1-3H3,(H,17,18)(H2,15,16,19). The lowest BCUT2D eigenvalue weighted by molar-refractivity contribution is -0.147. The molecule has 0 aliphatic heterocycles. The molecule has 1 fully saturated rings. The van der Waals surface area contributed by atoms with Crippen molar-refractivity contribution in [1.82, 2.24) is 10.6 Å². The fourth-order valence-corrected chi connectivity index (χ4v) is 2.81. The van der Waals surface area contributed by atoms with Gasteiger partial charge in [-0.05, 0) is 24.7 Å². The van der Waals surface area contributed by atoms with Crippen molar-refractivity contribution in [2.24, 2.45) is 11.8 Å². The molecule has 1 rings (SSSR count). The van der Waals surface area contributed by atoms with Crippen LogP contribution in [-0.4, -0.2) is 42.9 Å². The topological polar surface area (TPSA) is 87.7 Å². The first-order chi connectivity index (χ1) is 9.45. The van der Waals surface area contributed by atoms with E-state index in [4.69, 9.17) is 9.84 Å². The zero-order chi connectivity index (χ0) is 15.1. The maximum Gasteiger partial charge on any atom is 0.334 e. The van der Waals surface area contributed by atoms with Crippen LogP contribution in [-0.2, 0) is 9.53 Å². The van der Waals surface area contributed by atoms with Crippen LogP contribution in [0, 0.1) is 11.8 Å². The molecule has 0 aromatic carbocycles. The summed E-state index contributed by atoms with van der Waals surface area (Å²) in [5.74, 6) is -0.0518. The fraction of sp³-hybridized carbons (Fsp3) is 0.857. The normalized spacial score (nSPS) is 24.2. The van der Waals surface area contributed by atoms with Gasteiger partial charge in [-0.25, -0.2) is 9.59 Å². The highest BCUT2D eigenvalue weighted by atomic mass is 16.5. The van der Waals surface area contributed by atoms with Crippen molar-refractivity contribution < 1.29 is 19.4 Å². The molecule has 3 N–H and O–H groups in total. The Labute approximate surface area is 120 Å². The second kappa shape index (κ2) is 8.09. The van der Waals surface area contributed by atoms with E-state index in [1.54, 1.807) is 0 Å². The minimum absolute atomic E-state index is 0.0310. The van der Waals surface area contributed by atoms with Gasteiger partial charge in [0.2, 0.25) is 0 Å². The van der Waals surface area contributed by atoms with Gasteiger partial charge < -0.3 is 20.5 Å². The van der Waals surface area contributed by atoms with E-state index in [1.165, 1.54) is 13.5 Å². The van der Waals surface area contributed by atoms with Gasteiger partial charge in [-0.2, -0.15) is 0 Å². The molecule has 0 aromatic heterocycles. The highest BCUT2D eigenvalue weighted by molar-refractivity contribution is 5.77. The summed E-state index contributed by atoms with van der Waals surface area (Å²) in [7, 11) is 1.31. The van der Waals surface area contributed by atoms with Crippen LogP contribution in [0.15, 0.2) is 0 Å². The minimum Gasteiger partial charge on any atom is -0.479 e. The molecule has 0 radical (unpaired) electrons. The van der Waals surface area contributed by atoms with Gasteiger partial charge in [-0.15, -0.1) is 0 Å². The van der Waals surface area contributed by atoms with Crippen molar-refractivity contribution in [2.45, 2.75) is 51.7 Å². The summed E-state index contributed by atoms with van der Waals surface area (Å²) in [5.41, 5.74) is 0. The summed E-state index contributed by atoms with van der Waals surface area (Å²) in [4.78, 5) is 22.6. The number of carboxylic acid groups (broad SMARTS) is 1. The highest BCUT2D eigenvalue weighted by Crippen LogP contribution is 2.30. The van der Waals surface area contributed by atoms with E-state index in [9.17, 15) is 9.59 Å². The Morgan fingerprint density at radius 2 is 1.95 bits per heavy atom. The third-order valence-electron chi connectivity index (χ3n) is 4.00. The summed E-state index contributed by atoms with van der Waals surface area (Å²) >= 11 is 0. The van der Waals surface area contributed by atoms with Gasteiger partial charge in [0.1, 0.15) is 0 Å². The Bertz CT molecular complexity index is 333. The Morgan fingerprint density at radius 1 is 1.30 bits per heavy atom. The summed E-state index contributed by atoms with van der Waals surface area (Å²) in [5, 5.41) is 14.4. The van der Waals surface area contributed by atoms with Crippen molar-refractivity contribution in [3.05, 3.63) is 0 Å². The second-order valence-corrected chi connectivity index (χ2v) is 5.72. The second-order valence-electron chi connectivity index (χ2n) is 5.72. The molecule has 2 amide bonds. The number of rotatable bonds is 6. The fourth-order valence-electron chi connectivity index (χ4n) is 2.81. The van der Waals surface area contributed by atoms with Crippen LogP contribution in [0.3, 0.4) is 0 Å². The van der Waals surface area contributed by atoms with Crippen LogP contribution in [0.5, 0.6) is 0 Å². The van der Waals surface area contributed by atoms with Gasteiger partial charge in [0.25, 0.3) is 0 Å². The molecule has 116 valence electrons. The smallest absolute Gasteiger partial charge is 0.334 e. The molecule has 1 aliphatic carbocycles. The van der Waals surface area contributed by atoms with E-state index < -0.39 is 12.1 Å². The number of urea groups is 1. The lowest BCUT2D eigenvalue weighted by atomic mass is 9.78. The third kappa shape index (κ3) is 5.00. The molecule has 0 aromatic rings. The van der Waals surface area contributed by atoms with Gasteiger partial charge >= 0.3 is 12.0 Å². The maximum absolute atomic E-state index is 11.9. The van der Waals surface area contributed by atoms with E-state index in [2.05, 4.69) is 24.5 Å². The molecular formula is C14H26N2O4. The van der Waals surface area contributed by atoms with Gasteiger partial charge in [-0.3, -0.25) is 0 Å². The van der Waals surface area contributed by atoms with Gasteiger partial charge in [0, 0.05) is 13.2 Å². The minimum atomic E-state index is -1.08. The van der Waals surface area contributed by atoms with Crippen LogP contribution >= 0.6 is 0 Å². The maximum atomic E-state index is 11.9. The molecule has 3 unspecified atom stereocenters. The molecule has 6 heteroatoms. The Morgan fingerprint density at radius 3 is 2.50 bits per heavy atom. The van der Waals surface area contributed by atoms with Crippen molar-refractivity contribution in [1.29, 1.82) is 0 Å². The number of nitrogens with one attached hydrogen (secondary N) is 2. The van der Waals surface area contributed by atoms with Crippen molar-refractivity contribution in [3.63, 3.8) is 0 Å². The Kier molecular flexibility index (Phi) is 6.78. The number of methoxy groups -OCH3 is 1. The van der Waals surface area contributed by atoms with E-state index in [0.29, 0.717) is 11.8 Å². The molecule has 3 atom stereocenters. The van der Waals surface area contributed by atoms with Crippen LogP contribution in [0.2, 0.25) is 0 Å². The lowest BCUT2D eigenvalue weighted by Gasteiger charge is -2.34. The van der Waals surface area contributed by atoms with E-state index in [0.717, 1.165) is 19.3 Å². The van der Waals surface area contributed by atoms with E-state index in [1.807, 2.05) is 0 Å². The predicted molar refractivity (Wildman–Crippen MR) is 75.6 cm³/mol. The molecule has 0 heterocycles. The van der Waals surface area contributed by atoms with Crippen LogP contribution in [0.25, 0.3) is 0 Å². The average Bonchev–Trinajstić information content (AvgIpc) is 2.39. The monoisotopic (exact) mass is 286 g/mol. The molecule has 0 saturated heterocycles. The SMILES string of the molecule is COC(CNC(=O)NC1CCCCC1C(C)C)C(=O)O. The highest BCUT2D eigenvalue weighted by Gasteiger charge is 2.28. The number of hydrogen-bond donors (Lipinski definition) is 3. The average molecular weight is 286 g/mol. The van der Waals surface area contributed by atoms with Crippen molar-refractivity contribution >= 4 is 12.0 Å². The van der Waals surface area contributed by atoms with Gasteiger partial charge in [-0.1, -0.05) is 26.7 Å². The van der Waals surface area contributed by atoms with Crippen LogP contribution < -0.4 is 10.6 Å². The molecule has 6 nitrogen and oxygen atoms in total. The summed E-state index contributed by atoms with van der Waals surface area (Å²) in [6.07, 6.45) is 3.46. The zero-order valence-electron chi connectivity index (χ0n) is 12.5. The predicted octanol–water partition coefficient (Wildman–Crippen LogP) is 1.60. The first kappa shape index (κ1) is 16.8. The molecule has 1 saturated carbocycles. The van der Waals surface area contributed by atoms with Crippen LogP contribution in [0.4, 0.5) is 4.79 Å². The number of hydrogen-bond acceptors (Lipinski definition) is 3. The quantitative estimate of drug-likeness (QED) is 0.692. The first-order valence-electron chi connectivity index (χ1n) is 7.25. The van der Waals surface area contributed by atoms with Crippen molar-refractivity contribution in [3.8, 4) is 0 Å². The van der Waals surface area contributed by atoms with E-state index >= 15 is 0 Å². The third-order valence-corrected chi connectivity index (χ3v) is 4.00. The number of carbonyl (C=O) groups is 2. The number of ether oxygens (including phenoxy) is 1. The first-order valence-corrected chi connectivity index (χ1v) is 7.25. The Hall–Kier alpha value is -1.30. The van der Waals surface area contributed by atoms with Crippen molar-refractivity contribution in [2.75, 3.05) is 13.7 Å². The van der Waals surface area contributed by atoms with E-state index in [-0.39, 0.29) is 18.6 Å². The molecule has 1 aliphatic rings. The number of aliphatic carboxylic acids is 1.